The Morgan fingerprint density at radius 3 is 2.27 bits per heavy atom. The summed E-state index contributed by atoms with van der Waals surface area (Å²) in [6.07, 6.45) is -0.505. The standard InChI is InChI=1S/C21H27ClN2O2/c1-16-12-20(13-17(2)21(16)22)26-15-19(25)14-23-8-10-24(11-9-23)18-6-4-3-5-7-18/h3-7,12-13,19,25H,8-11,14-15H2,1-2H3/t19-/m1/s1. The molecule has 140 valence electrons. The molecule has 1 heterocycles. The molecule has 1 aliphatic heterocycles. The molecular weight excluding hydrogens is 348 g/mol. The van der Waals surface area contributed by atoms with E-state index in [1.165, 1.54) is 5.69 Å². The maximum atomic E-state index is 10.3. The predicted molar refractivity (Wildman–Crippen MR) is 108 cm³/mol. The van der Waals surface area contributed by atoms with E-state index in [9.17, 15) is 5.11 Å². The monoisotopic (exact) mass is 374 g/mol. The smallest absolute Gasteiger partial charge is 0.120 e. The van der Waals surface area contributed by atoms with Crippen molar-refractivity contribution in [2.75, 3.05) is 44.2 Å². The van der Waals surface area contributed by atoms with Gasteiger partial charge in [0.1, 0.15) is 18.5 Å². The van der Waals surface area contributed by atoms with Gasteiger partial charge in [0, 0.05) is 43.4 Å². The highest BCUT2D eigenvalue weighted by atomic mass is 35.5. The van der Waals surface area contributed by atoms with Crippen molar-refractivity contribution in [3.05, 3.63) is 58.6 Å². The minimum atomic E-state index is -0.505. The summed E-state index contributed by atoms with van der Waals surface area (Å²) in [7, 11) is 0. The molecule has 1 aliphatic rings. The fourth-order valence-corrected chi connectivity index (χ4v) is 3.47. The van der Waals surface area contributed by atoms with Crippen LogP contribution in [0.3, 0.4) is 0 Å². The molecule has 4 nitrogen and oxygen atoms in total. The van der Waals surface area contributed by atoms with Crippen molar-refractivity contribution >= 4 is 17.3 Å². The second kappa shape index (κ2) is 8.76. The highest BCUT2D eigenvalue weighted by Gasteiger charge is 2.19. The van der Waals surface area contributed by atoms with Crippen molar-refractivity contribution in [3.8, 4) is 5.75 Å². The largest absolute Gasteiger partial charge is 0.491 e. The fraction of sp³-hybridized carbons (Fsp3) is 0.429. The highest BCUT2D eigenvalue weighted by Crippen LogP contribution is 2.26. The topological polar surface area (TPSA) is 35.9 Å². The zero-order chi connectivity index (χ0) is 18.5. The SMILES string of the molecule is Cc1cc(OC[C@H](O)CN2CCN(c3ccccc3)CC2)cc(C)c1Cl. The van der Waals surface area contributed by atoms with Crippen LogP contribution in [0.1, 0.15) is 11.1 Å². The maximum absolute atomic E-state index is 10.3. The molecule has 0 aromatic heterocycles. The van der Waals surface area contributed by atoms with E-state index < -0.39 is 6.10 Å². The van der Waals surface area contributed by atoms with Crippen molar-refractivity contribution in [2.45, 2.75) is 20.0 Å². The van der Waals surface area contributed by atoms with Crippen LogP contribution in [-0.4, -0.2) is 55.4 Å². The van der Waals surface area contributed by atoms with Crippen molar-refractivity contribution in [2.24, 2.45) is 0 Å². The second-order valence-corrected chi connectivity index (χ2v) is 7.34. The molecule has 1 fully saturated rings. The van der Waals surface area contributed by atoms with Crippen LogP contribution in [0.4, 0.5) is 5.69 Å². The number of halogens is 1. The number of β-amino-alcohol motifs (C(OH)–C–C–N with tert-alkyl or cyclic N) is 1. The number of para-hydroxylation sites is 1. The molecule has 1 atom stereocenters. The lowest BCUT2D eigenvalue weighted by molar-refractivity contribution is 0.0663. The normalized spacial score (nSPS) is 16.5. The average molecular weight is 375 g/mol. The molecule has 0 amide bonds. The van der Waals surface area contributed by atoms with Crippen molar-refractivity contribution < 1.29 is 9.84 Å². The van der Waals surface area contributed by atoms with Crippen LogP contribution < -0.4 is 9.64 Å². The highest BCUT2D eigenvalue weighted by molar-refractivity contribution is 6.32. The van der Waals surface area contributed by atoms with E-state index in [-0.39, 0.29) is 0 Å². The Morgan fingerprint density at radius 2 is 1.65 bits per heavy atom. The van der Waals surface area contributed by atoms with Crippen LogP contribution in [0.15, 0.2) is 42.5 Å². The molecule has 1 N–H and O–H groups in total. The van der Waals surface area contributed by atoms with Crippen LogP contribution in [0.2, 0.25) is 5.02 Å². The van der Waals surface area contributed by atoms with Gasteiger partial charge in [-0.05, 0) is 49.2 Å². The summed E-state index contributed by atoms with van der Waals surface area (Å²) in [5.41, 5.74) is 3.26. The van der Waals surface area contributed by atoms with Crippen LogP contribution in [0, 0.1) is 13.8 Å². The van der Waals surface area contributed by atoms with Gasteiger partial charge in [0.05, 0.1) is 0 Å². The van der Waals surface area contributed by atoms with E-state index in [0.29, 0.717) is 13.2 Å². The Morgan fingerprint density at radius 1 is 1.04 bits per heavy atom. The van der Waals surface area contributed by atoms with Gasteiger partial charge < -0.3 is 14.7 Å². The second-order valence-electron chi connectivity index (χ2n) is 6.96. The molecule has 2 aromatic rings. The van der Waals surface area contributed by atoms with Gasteiger partial charge >= 0.3 is 0 Å². The molecule has 0 unspecified atom stereocenters. The third-order valence-corrected chi connectivity index (χ3v) is 5.41. The summed E-state index contributed by atoms with van der Waals surface area (Å²) >= 11 is 6.18. The molecule has 2 aromatic carbocycles. The third-order valence-electron chi connectivity index (χ3n) is 4.81. The molecule has 1 saturated heterocycles. The molecule has 5 heteroatoms. The summed E-state index contributed by atoms with van der Waals surface area (Å²) in [6.45, 7) is 8.71. The van der Waals surface area contributed by atoms with Crippen molar-refractivity contribution in [3.63, 3.8) is 0 Å². The van der Waals surface area contributed by atoms with E-state index in [1.807, 2.05) is 32.0 Å². The number of rotatable bonds is 6. The third kappa shape index (κ3) is 4.91. The number of piperazine rings is 1. The molecule has 0 bridgehead atoms. The lowest BCUT2D eigenvalue weighted by atomic mass is 10.1. The number of ether oxygens (including phenoxy) is 1. The van der Waals surface area contributed by atoms with E-state index in [2.05, 4.69) is 34.1 Å². The zero-order valence-electron chi connectivity index (χ0n) is 15.5. The van der Waals surface area contributed by atoms with Crippen molar-refractivity contribution in [1.82, 2.24) is 4.90 Å². The van der Waals surface area contributed by atoms with Crippen molar-refractivity contribution in [1.29, 1.82) is 0 Å². The first kappa shape index (κ1) is 19.0. The molecule has 0 spiro atoms. The Kier molecular flexibility index (Phi) is 6.41. The number of aliphatic hydroxyl groups excluding tert-OH is 1. The lowest BCUT2D eigenvalue weighted by Gasteiger charge is -2.36. The van der Waals surface area contributed by atoms with Gasteiger partial charge in [-0.15, -0.1) is 0 Å². The first-order chi connectivity index (χ1) is 12.5. The van der Waals surface area contributed by atoms with E-state index >= 15 is 0 Å². The summed E-state index contributed by atoms with van der Waals surface area (Å²) in [6, 6.07) is 14.3. The Bertz CT molecular complexity index is 692. The van der Waals surface area contributed by atoms with E-state index in [0.717, 1.165) is 48.1 Å². The van der Waals surface area contributed by atoms with Gasteiger partial charge in [-0.2, -0.15) is 0 Å². The first-order valence-corrected chi connectivity index (χ1v) is 9.50. The Hall–Kier alpha value is -1.75. The number of aliphatic hydroxyl groups is 1. The predicted octanol–water partition coefficient (Wildman–Crippen LogP) is 3.52. The molecular formula is C21H27ClN2O2. The minimum Gasteiger partial charge on any atom is -0.491 e. The quantitative estimate of drug-likeness (QED) is 0.839. The summed E-state index contributed by atoms with van der Waals surface area (Å²) < 4.78 is 5.77. The fourth-order valence-electron chi connectivity index (χ4n) is 3.36. The number of benzene rings is 2. The van der Waals surface area contributed by atoms with Gasteiger partial charge in [0.2, 0.25) is 0 Å². The Balaban J connectivity index is 1.44. The van der Waals surface area contributed by atoms with Gasteiger partial charge in [0.15, 0.2) is 0 Å². The molecule has 0 saturated carbocycles. The molecule has 26 heavy (non-hydrogen) atoms. The lowest BCUT2D eigenvalue weighted by Crippen LogP contribution is -2.49. The first-order valence-electron chi connectivity index (χ1n) is 9.13. The van der Waals surface area contributed by atoms with Crippen LogP contribution in [-0.2, 0) is 0 Å². The molecule has 0 aliphatic carbocycles. The van der Waals surface area contributed by atoms with Gasteiger partial charge in [-0.25, -0.2) is 0 Å². The van der Waals surface area contributed by atoms with Crippen LogP contribution in [0.25, 0.3) is 0 Å². The number of anilines is 1. The van der Waals surface area contributed by atoms with E-state index in [4.69, 9.17) is 16.3 Å². The summed E-state index contributed by atoms with van der Waals surface area (Å²) in [4.78, 5) is 4.68. The van der Waals surface area contributed by atoms with Gasteiger partial charge in [-0.3, -0.25) is 4.90 Å². The summed E-state index contributed by atoms with van der Waals surface area (Å²) in [5, 5.41) is 11.1. The van der Waals surface area contributed by atoms with Crippen LogP contribution >= 0.6 is 11.6 Å². The Labute approximate surface area is 160 Å². The number of aryl methyl sites for hydroxylation is 2. The number of nitrogens with zero attached hydrogens (tertiary/aromatic N) is 2. The number of hydrogen-bond acceptors (Lipinski definition) is 4. The van der Waals surface area contributed by atoms with Gasteiger partial charge in [0.25, 0.3) is 0 Å². The summed E-state index contributed by atoms with van der Waals surface area (Å²) in [5.74, 6) is 0.761. The zero-order valence-corrected chi connectivity index (χ0v) is 16.2. The molecule has 3 rings (SSSR count). The van der Waals surface area contributed by atoms with E-state index in [1.54, 1.807) is 0 Å². The maximum Gasteiger partial charge on any atom is 0.120 e. The minimum absolute atomic E-state index is 0.291. The van der Waals surface area contributed by atoms with Crippen LogP contribution in [0.5, 0.6) is 5.75 Å². The average Bonchev–Trinajstić information content (AvgIpc) is 2.65. The van der Waals surface area contributed by atoms with Gasteiger partial charge in [-0.1, -0.05) is 29.8 Å². The number of hydrogen-bond donors (Lipinski definition) is 1. The molecule has 0 radical (unpaired) electrons.